The molecular formula is C16H26. The van der Waals surface area contributed by atoms with E-state index in [9.17, 15) is 0 Å². The maximum absolute atomic E-state index is 3.75. The minimum Gasteiger partial charge on any atom is -0.103 e. The Morgan fingerprint density at radius 1 is 1.00 bits per heavy atom. The molecule has 0 aliphatic rings. The standard InChI is InChI=1S/C16H26/c1-4-7-9-10-12-15-16(13-6-3)14-11-8-5-2/h4-5,12-13,15H,1-2,6-11,14H2,3H3. The molecule has 90 valence electrons. The zero-order chi connectivity index (χ0) is 12.1. The second-order valence-electron chi connectivity index (χ2n) is 3.99. The van der Waals surface area contributed by atoms with Gasteiger partial charge >= 0.3 is 0 Å². The second kappa shape index (κ2) is 12.0. The zero-order valence-corrected chi connectivity index (χ0v) is 10.8. The van der Waals surface area contributed by atoms with Crippen LogP contribution in [-0.2, 0) is 0 Å². The molecule has 0 nitrogen and oxygen atoms in total. The molecule has 0 saturated carbocycles. The van der Waals surface area contributed by atoms with Gasteiger partial charge in [-0.1, -0.05) is 42.9 Å². The lowest BCUT2D eigenvalue weighted by atomic mass is 10.1. The fraction of sp³-hybridized carbons (Fsp3) is 0.500. The first kappa shape index (κ1) is 15.0. The molecule has 0 saturated heterocycles. The van der Waals surface area contributed by atoms with Gasteiger partial charge in [-0.2, -0.15) is 0 Å². The SMILES string of the molecule is C=CCCCC=CC(=CCC)CCCC=C. The number of allylic oxidation sites excluding steroid dienone is 6. The van der Waals surface area contributed by atoms with E-state index in [-0.39, 0.29) is 0 Å². The minimum atomic E-state index is 1.12. The average Bonchev–Trinajstić information content (AvgIpc) is 2.29. The highest BCUT2D eigenvalue weighted by atomic mass is 14.0. The van der Waals surface area contributed by atoms with E-state index in [1.54, 1.807) is 0 Å². The minimum absolute atomic E-state index is 1.12. The fourth-order valence-electron chi connectivity index (χ4n) is 1.58. The van der Waals surface area contributed by atoms with E-state index in [4.69, 9.17) is 0 Å². The first-order valence-corrected chi connectivity index (χ1v) is 6.42. The molecule has 0 aliphatic heterocycles. The first-order valence-electron chi connectivity index (χ1n) is 6.42. The zero-order valence-electron chi connectivity index (χ0n) is 10.8. The van der Waals surface area contributed by atoms with E-state index in [2.05, 4.69) is 38.3 Å². The van der Waals surface area contributed by atoms with Crippen LogP contribution >= 0.6 is 0 Å². The number of hydrogen-bond donors (Lipinski definition) is 0. The van der Waals surface area contributed by atoms with Gasteiger partial charge in [0.05, 0.1) is 0 Å². The van der Waals surface area contributed by atoms with Gasteiger partial charge in [-0.3, -0.25) is 0 Å². The molecule has 0 radical (unpaired) electrons. The van der Waals surface area contributed by atoms with Gasteiger partial charge in [-0.05, 0) is 44.9 Å². The smallest absolute Gasteiger partial charge is 0.0279 e. The lowest BCUT2D eigenvalue weighted by molar-refractivity contribution is 0.837. The van der Waals surface area contributed by atoms with Crippen molar-refractivity contribution < 1.29 is 0 Å². The van der Waals surface area contributed by atoms with Crippen LogP contribution in [0.2, 0.25) is 0 Å². The summed E-state index contributed by atoms with van der Waals surface area (Å²) in [7, 11) is 0. The monoisotopic (exact) mass is 218 g/mol. The van der Waals surface area contributed by atoms with Crippen LogP contribution in [0.25, 0.3) is 0 Å². The number of hydrogen-bond acceptors (Lipinski definition) is 0. The highest BCUT2D eigenvalue weighted by Crippen LogP contribution is 2.11. The van der Waals surface area contributed by atoms with Gasteiger partial charge in [0.15, 0.2) is 0 Å². The van der Waals surface area contributed by atoms with Crippen molar-refractivity contribution in [3.8, 4) is 0 Å². The van der Waals surface area contributed by atoms with Crippen molar-refractivity contribution in [3.63, 3.8) is 0 Å². The molecule has 0 fully saturated rings. The Kier molecular flexibility index (Phi) is 11.2. The summed E-state index contributed by atoms with van der Waals surface area (Å²) >= 11 is 0. The third-order valence-corrected chi connectivity index (χ3v) is 2.45. The van der Waals surface area contributed by atoms with Crippen LogP contribution in [0.5, 0.6) is 0 Å². The Hall–Kier alpha value is -1.04. The normalized spacial score (nSPS) is 11.9. The van der Waals surface area contributed by atoms with E-state index in [0.29, 0.717) is 0 Å². The number of unbranched alkanes of at least 4 members (excludes halogenated alkanes) is 3. The van der Waals surface area contributed by atoms with Crippen LogP contribution in [0.1, 0.15) is 51.9 Å². The largest absolute Gasteiger partial charge is 0.103 e. The van der Waals surface area contributed by atoms with Crippen LogP contribution in [0.3, 0.4) is 0 Å². The van der Waals surface area contributed by atoms with E-state index in [0.717, 1.165) is 25.7 Å². The van der Waals surface area contributed by atoms with Gasteiger partial charge < -0.3 is 0 Å². The molecule has 0 atom stereocenters. The third kappa shape index (κ3) is 9.51. The van der Waals surface area contributed by atoms with Crippen LogP contribution in [0.4, 0.5) is 0 Å². The Morgan fingerprint density at radius 2 is 1.69 bits per heavy atom. The molecule has 0 aliphatic carbocycles. The summed E-state index contributed by atoms with van der Waals surface area (Å²) in [5.74, 6) is 0. The van der Waals surface area contributed by atoms with Gasteiger partial charge in [0, 0.05) is 0 Å². The fourth-order valence-corrected chi connectivity index (χ4v) is 1.58. The molecule has 0 unspecified atom stereocenters. The molecule has 16 heavy (non-hydrogen) atoms. The first-order chi connectivity index (χ1) is 7.85. The van der Waals surface area contributed by atoms with Crippen molar-refractivity contribution in [2.24, 2.45) is 0 Å². The van der Waals surface area contributed by atoms with E-state index in [1.807, 2.05) is 12.2 Å². The molecule has 0 amide bonds. The van der Waals surface area contributed by atoms with Crippen LogP contribution in [0.15, 0.2) is 49.1 Å². The van der Waals surface area contributed by atoms with Crippen LogP contribution < -0.4 is 0 Å². The van der Waals surface area contributed by atoms with Gasteiger partial charge in [-0.25, -0.2) is 0 Å². The van der Waals surface area contributed by atoms with Crippen LogP contribution in [0, 0.1) is 0 Å². The third-order valence-electron chi connectivity index (χ3n) is 2.45. The Labute approximate surface area is 101 Å². The molecular weight excluding hydrogens is 192 g/mol. The quantitative estimate of drug-likeness (QED) is 0.255. The molecule has 0 spiro atoms. The van der Waals surface area contributed by atoms with Gasteiger partial charge in [0.1, 0.15) is 0 Å². The second-order valence-corrected chi connectivity index (χ2v) is 3.99. The van der Waals surface area contributed by atoms with Crippen molar-refractivity contribution in [2.45, 2.75) is 51.9 Å². The summed E-state index contributed by atoms with van der Waals surface area (Å²) in [6.45, 7) is 9.67. The van der Waals surface area contributed by atoms with Crippen LogP contribution in [-0.4, -0.2) is 0 Å². The molecule has 0 bridgehead atoms. The predicted molar refractivity (Wildman–Crippen MR) is 75.6 cm³/mol. The lowest BCUT2D eigenvalue weighted by Crippen LogP contribution is -1.80. The highest BCUT2D eigenvalue weighted by Gasteiger charge is 1.91. The summed E-state index contributed by atoms with van der Waals surface area (Å²) < 4.78 is 0. The Morgan fingerprint density at radius 3 is 2.31 bits per heavy atom. The molecule has 0 heterocycles. The molecule has 0 rings (SSSR count). The van der Waals surface area contributed by atoms with Gasteiger partial charge in [0.25, 0.3) is 0 Å². The predicted octanol–water partition coefficient (Wildman–Crippen LogP) is 5.59. The maximum atomic E-state index is 3.75. The van der Waals surface area contributed by atoms with E-state index >= 15 is 0 Å². The number of rotatable bonds is 10. The lowest BCUT2D eigenvalue weighted by Gasteiger charge is -2.00. The summed E-state index contributed by atoms with van der Waals surface area (Å²) in [6.07, 6.45) is 19.0. The van der Waals surface area contributed by atoms with Gasteiger partial charge in [-0.15, -0.1) is 13.2 Å². The molecule has 0 N–H and O–H groups in total. The maximum Gasteiger partial charge on any atom is -0.0279 e. The summed E-state index contributed by atoms with van der Waals surface area (Å²) in [5, 5.41) is 0. The summed E-state index contributed by atoms with van der Waals surface area (Å²) in [4.78, 5) is 0. The van der Waals surface area contributed by atoms with E-state index < -0.39 is 0 Å². The highest BCUT2D eigenvalue weighted by molar-refractivity contribution is 5.18. The Balaban J connectivity index is 3.87. The molecule has 0 heteroatoms. The van der Waals surface area contributed by atoms with E-state index in [1.165, 1.54) is 24.8 Å². The summed E-state index contributed by atoms with van der Waals surface area (Å²) in [6, 6.07) is 0. The van der Waals surface area contributed by atoms with Crippen molar-refractivity contribution in [1.29, 1.82) is 0 Å². The van der Waals surface area contributed by atoms with Crippen molar-refractivity contribution in [3.05, 3.63) is 49.1 Å². The average molecular weight is 218 g/mol. The molecule has 0 aromatic rings. The topological polar surface area (TPSA) is 0 Å². The van der Waals surface area contributed by atoms with Crippen molar-refractivity contribution >= 4 is 0 Å². The Bertz CT molecular complexity index is 230. The molecule has 0 aromatic carbocycles. The summed E-state index contributed by atoms with van der Waals surface area (Å²) in [5.41, 5.74) is 1.47. The van der Waals surface area contributed by atoms with Crippen molar-refractivity contribution in [2.75, 3.05) is 0 Å². The van der Waals surface area contributed by atoms with Crippen molar-refractivity contribution in [1.82, 2.24) is 0 Å². The van der Waals surface area contributed by atoms with Gasteiger partial charge in [0.2, 0.25) is 0 Å². The molecule has 0 aromatic heterocycles.